The van der Waals surface area contributed by atoms with E-state index >= 15 is 0 Å². The molecule has 0 amide bonds. The highest BCUT2D eigenvalue weighted by atomic mass is 127. The number of para-hydroxylation sites is 1. The van der Waals surface area contributed by atoms with E-state index in [1.165, 1.54) is 12.1 Å². The van der Waals surface area contributed by atoms with Gasteiger partial charge in [-0.15, -0.1) is 0 Å². The fourth-order valence-corrected chi connectivity index (χ4v) is 0.585. The molecular weight excluding hydrogens is 259 g/mol. The molecule has 0 fully saturated rings. The maximum atomic E-state index is 9.84. The molecule has 0 bridgehead atoms. The fourth-order valence-electron chi connectivity index (χ4n) is 0.585. The summed E-state index contributed by atoms with van der Waals surface area (Å²) in [5, 5.41) is 9.84. The monoisotopic (exact) mass is 264 g/mol. The Kier molecular flexibility index (Phi) is 4.60. The minimum absolute atomic E-state index is 0. The van der Waals surface area contributed by atoms with E-state index < -0.39 is 6.16 Å². The van der Waals surface area contributed by atoms with Crippen LogP contribution in [0.25, 0.3) is 0 Å². The first-order valence-electron chi connectivity index (χ1n) is 2.73. The Morgan fingerprint density at radius 3 is 2.27 bits per heavy atom. The van der Waals surface area contributed by atoms with Crippen LogP contribution >= 0.6 is 0 Å². The maximum Gasteiger partial charge on any atom is 1.00 e. The van der Waals surface area contributed by atoms with Gasteiger partial charge in [0.1, 0.15) is 0 Å². The van der Waals surface area contributed by atoms with Crippen molar-refractivity contribution in [2.45, 2.75) is 0 Å². The van der Waals surface area contributed by atoms with Gasteiger partial charge in [-0.3, -0.25) is 0 Å². The molecular formula is C7H5IO3. The molecule has 11 heavy (non-hydrogen) atoms. The molecule has 0 N–H and O–H groups in total. The summed E-state index contributed by atoms with van der Waals surface area (Å²) >= 11 is 0. The smallest absolute Gasteiger partial charge is 0.514 e. The number of rotatable bonds is 1. The number of hydrogen-bond acceptors (Lipinski definition) is 3. The molecule has 0 saturated carbocycles. The lowest BCUT2D eigenvalue weighted by atomic mass is 10.3. The van der Waals surface area contributed by atoms with E-state index in [0.29, 0.717) is 0 Å². The average Bonchev–Trinajstić information content (AvgIpc) is 1.88. The van der Waals surface area contributed by atoms with E-state index in [0.717, 1.165) is 0 Å². The molecule has 0 atom stereocenters. The zero-order valence-corrected chi connectivity index (χ0v) is 7.65. The van der Waals surface area contributed by atoms with Crippen LogP contribution in [0.3, 0.4) is 0 Å². The van der Waals surface area contributed by atoms with Crippen LogP contribution in [0.1, 0.15) is 0 Å². The summed E-state index contributed by atoms with van der Waals surface area (Å²) in [6.45, 7) is 0. The number of ether oxygens (including phenoxy) is 1. The van der Waals surface area contributed by atoms with Gasteiger partial charge >= 0.3 is 24.0 Å². The maximum absolute atomic E-state index is 9.84. The standard InChI is InChI=1S/C7H6O3.I/c8-7(9)10-6-4-2-1-3-5-6;/h1-5H,(H,8,9);/q;+1/p-1. The Balaban J connectivity index is 0.000001000. The number of benzene rings is 1. The Labute approximate surface area is 81.0 Å². The highest BCUT2D eigenvalue weighted by molar-refractivity contribution is 5.58. The van der Waals surface area contributed by atoms with E-state index in [-0.39, 0.29) is 29.7 Å². The average molecular weight is 264 g/mol. The van der Waals surface area contributed by atoms with Crippen molar-refractivity contribution in [2.24, 2.45) is 0 Å². The summed E-state index contributed by atoms with van der Waals surface area (Å²) < 4.78 is 4.22. The van der Waals surface area contributed by atoms with Gasteiger partial charge in [-0.1, -0.05) is 18.2 Å². The fraction of sp³-hybridized carbons (Fsp3) is 0. The normalized spacial score (nSPS) is 8.00. The molecule has 0 aromatic heterocycles. The van der Waals surface area contributed by atoms with Crippen LogP contribution in [-0.4, -0.2) is 6.16 Å². The quantitative estimate of drug-likeness (QED) is 0.318. The molecule has 58 valence electrons. The zero-order chi connectivity index (χ0) is 7.40. The van der Waals surface area contributed by atoms with Crippen LogP contribution in [0.15, 0.2) is 30.3 Å². The predicted octanol–water partition coefficient (Wildman–Crippen LogP) is -2.59. The first-order chi connectivity index (χ1) is 4.79. The summed E-state index contributed by atoms with van der Waals surface area (Å²) in [4.78, 5) is 9.84. The lowest BCUT2D eigenvalue weighted by Crippen LogP contribution is -3.00. The van der Waals surface area contributed by atoms with E-state index in [1.807, 2.05) is 0 Å². The molecule has 0 heterocycles. The number of halogens is 1. The van der Waals surface area contributed by atoms with Gasteiger partial charge in [0.15, 0.2) is 0 Å². The van der Waals surface area contributed by atoms with Gasteiger partial charge in [-0.05, 0) is 12.1 Å². The van der Waals surface area contributed by atoms with Crippen LogP contribution < -0.4 is 33.8 Å². The number of hydrogen-bond donors (Lipinski definition) is 0. The lowest BCUT2D eigenvalue weighted by molar-refractivity contribution is -0.271. The Hall–Kier alpha value is -0.780. The largest absolute Gasteiger partial charge is 1.00 e. The number of carbonyl (C=O) groups excluding carboxylic acids is 1. The van der Waals surface area contributed by atoms with E-state index in [9.17, 15) is 9.90 Å². The minimum Gasteiger partial charge on any atom is -0.514 e. The number of carbonyl (C=O) groups is 1. The van der Waals surface area contributed by atoms with Crippen LogP contribution in [0.5, 0.6) is 5.75 Å². The van der Waals surface area contributed by atoms with Crippen LogP contribution in [0.2, 0.25) is 0 Å². The molecule has 1 rings (SSSR count). The van der Waals surface area contributed by atoms with Crippen LogP contribution in [0.4, 0.5) is 4.79 Å². The second-order valence-corrected chi connectivity index (χ2v) is 1.67. The molecule has 0 aliphatic heterocycles. The van der Waals surface area contributed by atoms with E-state index in [1.54, 1.807) is 18.2 Å². The Morgan fingerprint density at radius 1 is 1.27 bits per heavy atom. The van der Waals surface area contributed by atoms with Gasteiger partial charge in [0.2, 0.25) is 0 Å². The summed E-state index contributed by atoms with van der Waals surface area (Å²) in [6.07, 6.45) is -1.54. The summed E-state index contributed by atoms with van der Waals surface area (Å²) in [5.74, 6) is 0.280. The van der Waals surface area contributed by atoms with Crippen molar-refractivity contribution >= 4 is 6.16 Å². The van der Waals surface area contributed by atoms with Crippen molar-refractivity contribution in [3.8, 4) is 5.75 Å². The topological polar surface area (TPSA) is 49.4 Å². The van der Waals surface area contributed by atoms with Crippen LogP contribution in [-0.2, 0) is 0 Å². The molecule has 4 heteroatoms. The molecule has 1 aromatic carbocycles. The second kappa shape index (κ2) is 4.95. The van der Waals surface area contributed by atoms with Crippen molar-refractivity contribution < 1.29 is 38.6 Å². The molecule has 2 radical (unpaired) electrons. The van der Waals surface area contributed by atoms with Gasteiger partial charge in [0.25, 0.3) is 6.16 Å². The van der Waals surface area contributed by atoms with Gasteiger partial charge in [0.05, 0.1) is 5.75 Å². The van der Waals surface area contributed by atoms with Gasteiger partial charge < -0.3 is 14.6 Å². The van der Waals surface area contributed by atoms with Crippen molar-refractivity contribution in [1.29, 1.82) is 0 Å². The molecule has 0 unspecified atom stereocenters. The third-order valence-electron chi connectivity index (χ3n) is 0.944. The Morgan fingerprint density at radius 2 is 1.82 bits per heavy atom. The van der Waals surface area contributed by atoms with Crippen molar-refractivity contribution in [3.05, 3.63) is 30.3 Å². The highest BCUT2D eigenvalue weighted by Gasteiger charge is 1.85. The van der Waals surface area contributed by atoms with Crippen molar-refractivity contribution in [1.82, 2.24) is 0 Å². The first kappa shape index (κ1) is 10.2. The molecule has 0 aliphatic carbocycles. The van der Waals surface area contributed by atoms with Crippen molar-refractivity contribution in [2.75, 3.05) is 0 Å². The number of carboxylic acid groups (broad SMARTS) is 1. The Bertz CT molecular complexity index is 222. The minimum atomic E-state index is -1.54. The third kappa shape index (κ3) is 3.82. The van der Waals surface area contributed by atoms with Gasteiger partial charge in [-0.25, -0.2) is 0 Å². The first-order valence-corrected chi connectivity index (χ1v) is 2.73. The zero-order valence-electron chi connectivity index (χ0n) is 5.49. The molecule has 3 nitrogen and oxygen atoms in total. The molecule has 1 aromatic rings. The highest BCUT2D eigenvalue weighted by Crippen LogP contribution is 2.06. The van der Waals surface area contributed by atoms with E-state index in [4.69, 9.17) is 0 Å². The SMILES string of the molecule is O=C([O-])Oc1ccccc1.[I+]. The second-order valence-electron chi connectivity index (χ2n) is 1.67. The predicted molar refractivity (Wildman–Crippen MR) is 32.5 cm³/mol. The molecule has 0 aliphatic rings. The lowest BCUT2D eigenvalue weighted by Gasteiger charge is -2.05. The van der Waals surface area contributed by atoms with E-state index in [2.05, 4.69) is 4.74 Å². The molecule has 0 spiro atoms. The molecule has 0 saturated heterocycles. The summed E-state index contributed by atoms with van der Waals surface area (Å²) in [7, 11) is 0. The summed E-state index contributed by atoms with van der Waals surface area (Å²) in [5.41, 5.74) is 0. The van der Waals surface area contributed by atoms with Gasteiger partial charge in [0, 0.05) is 0 Å². The van der Waals surface area contributed by atoms with Crippen molar-refractivity contribution in [3.63, 3.8) is 0 Å². The third-order valence-corrected chi connectivity index (χ3v) is 0.944. The summed E-state index contributed by atoms with van der Waals surface area (Å²) in [6, 6.07) is 8.20. The van der Waals surface area contributed by atoms with Crippen LogP contribution in [0, 0.1) is 0 Å². The van der Waals surface area contributed by atoms with Gasteiger partial charge in [-0.2, -0.15) is 0 Å².